The molecule has 0 aliphatic carbocycles. The fourth-order valence-corrected chi connectivity index (χ4v) is 3.59. The highest BCUT2D eigenvalue weighted by atomic mass is 16.5. The molecule has 0 aliphatic heterocycles. The third-order valence-corrected chi connectivity index (χ3v) is 5.34. The van der Waals surface area contributed by atoms with Crippen LogP contribution in [0.4, 0.5) is 5.69 Å². The topological polar surface area (TPSA) is 59.8 Å². The highest BCUT2D eigenvalue weighted by Gasteiger charge is 2.25. The molecule has 0 radical (unpaired) electrons. The number of hydrogen-bond donors (Lipinski definition) is 1. The summed E-state index contributed by atoms with van der Waals surface area (Å²) in [6.07, 6.45) is 1.80. The highest BCUT2D eigenvalue weighted by molar-refractivity contribution is 6.47. The highest BCUT2D eigenvalue weighted by Crippen LogP contribution is 2.30. The summed E-state index contributed by atoms with van der Waals surface area (Å²) < 4.78 is 7.28. The molecule has 0 aliphatic rings. The number of ether oxygens (including phenoxy) is 1. The van der Waals surface area contributed by atoms with E-state index in [1.165, 1.54) is 0 Å². The van der Waals surface area contributed by atoms with E-state index in [9.17, 15) is 9.59 Å². The quantitative estimate of drug-likeness (QED) is 0.339. The van der Waals surface area contributed by atoms with Crippen LogP contribution in [0.2, 0.25) is 0 Å². The lowest BCUT2D eigenvalue weighted by atomic mass is 10.0. The van der Waals surface area contributed by atoms with Crippen LogP contribution in [0.5, 0.6) is 5.75 Å². The Morgan fingerprint density at radius 2 is 1.71 bits per heavy atom. The minimum atomic E-state index is -0.667. The molecule has 0 bridgehead atoms. The standard InChI is InChI=1S/C26H24N2O3/c1-4-31-22-12-9-19(10-13-22)23-16-21-7-5-6-14-28(21)24(23)25(29)26(30)27-20-11-8-17(2)18(3)15-20/h5-16H,4H2,1-3H3,(H,27,30). The van der Waals surface area contributed by atoms with E-state index in [1.807, 2.05) is 81.4 Å². The van der Waals surface area contributed by atoms with E-state index in [2.05, 4.69) is 5.32 Å². The molecule has 0 fully saturated rings. The van der Waals surface area contributed by atoms with Gasteiger partial charge in [0.25, 0.3) is 11.7 Å². The number of pyridine rings is 1. The molecule has 31 heavy (non-hydrogen) atoms. The summed E-state index contributed by atoms with van der Waals surface area (Å²) in [7, 11) is 0. The number of amides is 1. The first-order valence-electron chi connectivity index (χ1n) is 10.2. The zero-order valence-corrected chi connectivity index (χ0v) is 17.8. The second kappa shape index (κ2) is 8.48. The fourth-order valence-electron chi connectivity index (χ4n) is 3.59. The van der Waals surface area contributed by atoms with E-state index in [-0.39, 0.29) is 0 Å². The minimum absolute atomic E-state index is 0.334. The maximum Gasteiger partial charge on any atom is 0.298 e. The predicted molar refractivity (Wildman–Crippen MR) is 123 cm³/mol. The molecule has 0 saturated heterocycles. The zero-order chi connectivity index (χ0) is 22.0. The first-order valence-corrected chi connectivity index (χ1v) is 10.2. The number of ketones is 1. The molecule has 5 heteroatoms. The van der Waals surface area contributed by atoms with Crippen molar-refractivity contribution >= 4 is 22.9 Å². The SMILES string of the molecule is CCOc1ccc(-c2cc3ccccn3c2C(=O)C(=O)Nc2ccc(C)c(C)c2)cc1. The van der Waals surface area contributed by atoms with Crippen LogP contribution in [0.1, 0.15) is 28.5 Å². The summed E-state index contributed by atoms with van der Waals surface area (Å²) in [6, 6.07) is 20.7. The van der Waals surface area contributed by atoms with Crippen molar-refractivity contribution in [3.63, 3.8) is 0 Å². The normalized spacial score (nSPS) is 10.8. The number of fused-ring (bicyclic) bond motifs is 1. The van der Waals surface area contributed by atoms with E-state index in [0.717, 1.165) is 28.0 Å². The third kappa shape index (κ3) is 4.08. The van der Waals surface area contributed by atoms with Gasteiger partial charge in [-0.15, -0.1) is 0 Å². The molecule has 5 nitrogen and oxygen atoms in total. The van der Waals surface area contributed by atoms with Gasteiger partial charge in [0, 0.05) is 23.0 Å². The maximum atomic E-state index is 13.3. The van der Waals surface area contributed by atoms with Gasteiger partial charge in [-0.05, 0) is 79.9 Å². The molecule has 2 aromatic carbocycles. The second-order valence-corrected chi connectivity index (χ2v) is 7.44. The van der Waals surface area contributed by atoms with Crippen molar-refractivity contribution < 1.29 is 14.3 Å². The average Bonchev–Trinajstić information content (AvgIpc) is 3.16. The van der Waals surface area contributed by atoms with E-state index in [4.69, 9.17) is 4.74 Å². The monoisotopic (exact) mass is 412 g/mol. The number of benzene rings is 2. The molecule has 0 spiro atoms. The van der Waals surface area contributed by atoms with Crippen LogP contribution in [0, 0.1) is 13.8 Å². The Morgan fingerprint density at radius 3 is 2.42 bits per heavy atom. The lowest BCUT2D eigenvalue weighted by Gasteiger charge is -2.09. The zero-order valence-electron chi connectivity index (χ0n) is 17.8. The minimum Gasteiger partial charge on any atom is -0.494 e. The van der Waals surface area contributed by atoms with Crippen molar-refractivity contribution in [3.8, 4) is 16.9 Å². The van der Waals surface area contributed by atoms with Gasteiger partial charge in [-0.25, -0.2) is 0 Å². The number of carbonyl (C=O) groups excluding carboxylic acids is 2. The van der Waals surface area contributed by atoms with Crippen LogP contribution in [-0.4, -0.2) is 22.7 Å². The molecular formula is C26H24N2O3. The molecule has 0 atom stereocenters. The number of Topliss-reactive ketones (excluding diaryl/α,β-unsaturated/α-hetero) is 1. The van der Waals surface area contributed by atoms with E-state index in [0.29, 0.717) is 23.6 Å². The van der Waals surface area contributed by atoms with Crippen molar-refractivity contribution in [3.05, 3.63) is 89.7 Å². The Kier molecular flexibility index (Phi) is 5.58. The number of aryl methyl sites for hydroxylation is 2. The Hall–Kier alpha value is -3.86. The van der Waals surface area contributed by atoms with E-state index >= 15 is 0 Å². The average molecular weight is 412 g/mol. The van der Waals surface area contributed by atoms with Gasteiger partial charge < -0.3 is 14.5 Å². The number of carbonyl (C=O) groups is 2. The van der Waals surface area contributed by atoms with Gasteiger partial charge in [-0.2, -0.15) is 0 Å². The van der Waals surface area contributed by atoms with Crippen LogP contribution >= 0.6 is 0 Å². The Bertz CT molecular complexity index is 1270. The smallest absolute Gasteiger partial charge is 0.298 e. The maximum absolute atomic E-state index is 13.3. The van der Waals surface area contributed by atoms with E-state index < -0.39 is 11.7 Å². The molecule has 156 valence electrons. The Balaban J connectivity index is 1.73. The van der Waals surface area contributed by atoms with Crippen molar-refractivity contribution in [1.82, 2.24) is 4.40 Å². The van der Waals surface area contributed by atoms with Gasteiger partial charge in [0.1, 0.15) is 11.4 Å². The largest absolute Gasteiger partial charge is 0.494 e. The Morgan fingerprint density at radius 1 is 0.935 bits per heavy atom. The number of aromatic nitrogens is 1. The summed E-state index contributed by atoms with van der Waals surface area (Å²) in [5, 5.41) is 2.75. The molecule has 1 N–H and O–H groups in total. The molecule has 4 aromatic rings. The number of nitrogens with one attached hydrogen (secondary N) is 1. The van der Waals surface area contributed by atoms with Crippen LogP contribution in [0.3, 0.4) is 0 Å². The van der Waals surface area contributed by atoms with Crippen LogP contribution in [-0.2, 0) is 4.79 Å². The lowest BCUT2D eigenvalue weighted by Crippen LogP contribution is -2.24. The van der Waals surface area contributed by atoms with Crippen molar-refractivity contribution in [2.75, 3.05) is 11.9 Å². The molecule has 2 heterocycles. The van der Waals surface area contributed by atoms with Crippen molar-refractivity contribution in [1.29, 1.82) is 0 Å². The van der Waals surface area contributed by atoms with Gasteiger partial charge >= 0.3 is 0 Å². The van der Waals surface area contributed by atoms with Crippen LogP contribution in [0.25, 0.3) is 16.6 Å². The third-order valence-electron chi connectivity index (χ3n) is 5.34. The van der Waals surface area contributed by atoms with E-state index in [1.54, 1.807) is 16.7 Å². The van der Waals surface area contributed by atoms with Crippen molar-refractivity contribution in [2.24, 2.45) is 0 Å². The predicted octanol–water partition coefficient (Wildman–Crippen LogP) is 5.44. The summed E-state index contributed by atoms with van der Waals surface area (Å²) in [6.45, 7) is 6.48. The summed E-state index contributed by atoms with van der Waals surface area (Å²) >= 11 is 0. The lowest BCUT2D eigenvalue weighted by molar-refractivity contribution is -0.112. The van der Waals surface area contributed by atoms with Gasteiger partial charge in [0.2, 0.25) is 0 Å². The second-order valence-electron chi connectivity index (χ2n) is 7.44. The molecule has 0 saturated carbocycles. The van der Waals surface area contributed by atoms with Gasteiger partial charge in [-0.3, -0.25) is 9.59 Å². The number of hydrogen-bond acceptors (Lipinski definition) is 3. The molecule has 4 rings (SSSR count). The Labute approximate surface area is 181 Å². The summed E-state index contributed by atoms with van der Waals surface area (Å²) in [5.74, 6) is -0.497. The van der Waals surface area contributed by atoms with Gasteiger partial charge in [-0.1, -0.05) is 24.3 Å². The van der Waals surface area contributed by atoms with Gasteiger partial charge in [0.05, 0.1) is 6.61 Å². The van der Waals surface area contributed by atoms with Crippen molar-refractivity contribution in [2.45, 2.75) is 20.8 Å². The molecule has 1 amide bonds. The fraction of sp³-hybridized carbons (Fsp3) is 0.154. The molecule has 0 unspecified atom stereocenters. The first-order chi connectivity index (χ1) is 15.0. The summed E-state index contributed by atoms with van der Waals surface area (Å²) in [5.41, 5.74) is 5.50. The van der Waals surface area contributed by atoms with Gasteiger partial charge in [0.15, 0.2) is 0 Å². The number of nitrogens with zero attached hydrogens (tertiary/aromatic N) is 1. The number of anilines is 1. The first kappa shape index (κ1) is 20.4. The van der Waals surface area contributed by atoms with Crippen LogP contribution < -0.4 is 10.1 Å². The van der Waals surface area contributed by atoms with Crippen LogP contribution in [0.15, 0.2) is 72.9 Å². The molecule has 2 aromatic heterocycles. The summed E-state index contributed by atoms with van der Waals surface area (Å²) in [4.78, 5) is 26.2. The molecular weight excluding hydrogens is 388 g/mol. The number of rotatable bonds is 6.